The highest BCUT2D eigenvalue weighted by Crippen LogP contribution is 2.69. The van der Waals surface area contributed by atoms with Gasteiger partial charge in [-0.25, -0.2) is 0 Å². The van der Waals surface area contributed by atoms with Gasteiger partial charge >= 0.3 is 0 Å². The molecule has 260 valence electrons. The molecule has 1 aromatic heterocycles. The summed E-state index contributed by atoms with van der Waals surface area (Å²) in [4.78, 5) is 2.39. The quantitative estimate of drug-likeness (QED) is 0.178. The van der Waals surface area contributed by atoms with Crippen LogP contribution in [-0.4, -0.2) is 0 Å². The van der Waals surface area contributed by atoms with Crippen molar-refractivity contribution >= 4 is 39.0 Å². The van der Waals surface area contributed by atoms with E-state index in [-0.39, 0.29) is 5.41 Å². The topological polar surface area (TPSA) is 16.4 Å². The number of anilines is 3. The zero-order valence-corrected chi connectivity index (χ0v) is 30.3. The van der Waals surface area contributed by atoms with Crippen molar-refractivity contribution in [2.24, 2.45) is 23.7 Å². The Balaban J connectivity index is 0.965. The molecule has 0 saturated heterocycles. The Morgan fingerprint density at radius 2 is 1.02 bits per heavy atom. The third-order valence-corrected chi connectivity index (χ3v) is 13.9. The van der Waals surface area contributed by atoms with Gasteiger partial charge in [0, 0.05) is 22.2 Å². The molecule has 13 rings (SSSR count). The van der Waals surface area contributed by atoms with Crippen LogP contribution in [0, 0.1) is 23.7 Å². The molecule has 2 heteroatoms. The zero-order chi connectivity index (χ0) is 35.4. The van der Waals surface area contributed by atoms with Gasteiger partial charge in [-0.1, -0.05) is 115 Å². The van der Waals surface area contributed by atoms with Gasteiger partial charge in [0.25, 0.3) is 0 Å². The predicted molar refractivity (Wildman–Crippen MR) is 223 cm³/mol. The molecule has 54 heavy (non-hydrogen) atoms. The van der Waals surface area contributed by atoms with Crippen molar-refractivity contribution in [2.45, 2.75) is 37.5 Å². The Kier molecular flexibility index (Phi) is 6.55. The second kappa shape index (κ2) is 11.6. The Morgan fingerprint density at radius 1 is 0.444 bits per heavy atom. The first-order chi connectivity index (χ1) is 26.7. The lowest BCUT2D eigenvalue weighted by Gasteiger charge is -2.61. The Morgan fingerprint density at radius 3 is 1.76 bits per heavy atom. The highest BCUT2D eigenvalue weighted by Gasteiger charge is 2.61. The van der Waals surface area contributed by atoms with Gasteiger partial charge in [0.05, 0.1) is 11.1 Å². The molecule has 5 aliphatic rings. The molecule has 0 radical (unpaired) electrons. The molecular weight excluding hydrogens is 655 g/mol. The smallest absolute Gasteiger partial charge is 0.137 e. The van der Waals surface area contributed by atoms with Crippen LogP contribution in [0.25, 0.3) is 55.3 Å². The number of fused-ring (bicyclic) bond motifs is 6. The highest BCUT2D eigenvalue weighted by molar-refractivity contribution is 6.13. The molecule has 0 atom stereocenters. The van der Waals surface area contributed by atoms with E-state index in [1.165, 1.54) is 65.5 Å². The van der Waals surface area contributed by atoms with Crippen LogP contribution in [0.3, 0.4) is 0 Å². The van der Waals surface area contributed by atoms with E-state index in [2.05, 4.69) is 163 Å². The largest absolute Gasteiger partial charge is 0.456 e. The normalized spacial score (nSPS) is 23.3. The van der Waals surface area contributed by atoms with Crippen LogP contribution < -0.4 is 4.90 Å². The fourth-order valence-corrected chi connectivity index (χ4v) is 11.9. The lowest BCUT2D eigenvalue weighted by molar-refractivity contribution is -0.0399. The number of rotatable bonds is 5. The summed E-state index contributed by atoms with van der Waals surface area (Å²) in [7, 11) is 0. The predicted octanol–water partition coefficient (Wildman–Crippen LogP) is 14.1. The van der Waals surface area contributed by atoms with Gasteiger partial charge < -0.3 is 9.32 Å². The van der Waals surface area contributed by atoms with Crippen LogP contribution >= 0.6 is 0 Å². The van der Waals surface area contributed by atoms with E-state index in [0.29, 0.717) is 0 Å². The molecule has 7 aromatic carbocycles. The summed E-state index contributed by atoms with van der Waals surface area (Å²) in [5.41, 5.74) is 16.5. The van der Waals surface area contributed by atoms with Crippen molar-refractivity contribution in [3.05, 3.63) is 175 Å². The van der Waals surface area contributed by atoms with Gasteiger partial charge in [-0.2, -0.15) is 0 Å². The second-order valence-corrected chi connectivity index (χ2v) is 16.5. The SMILES string of the molecule is c1ccc(-c2ccc(N(c3ccc(-c4ccc5c(c4)-c4ccccc4C54C5CC6CC(C5)CC4C6)cc3)c3cccc4oc5ccccc5c34)cc2)cc1. The molecule has 0 aliphatic heterocycles. The molecule has 4 bridgehead atoms. The van der Waals surface area contributed by atoms with Crippen LogP contribution in [0.5, 0.6) is 0 Å². The standard InChI is InChI=1S/C52H41NO/c1-2-9-35(10-3-1)36-17-22-41(23-18-36)53(48-14-8-16-50-51(48)44-12-5-7-15-49(44)54-50)42-24-19-37(20-25-42)38-21-26-47-45(32-38)43-11-4-6-13-46(43)52(47)39-28-33-27-34(30-39)31-40(52)29-33/h1-26,32-34,39-40H,27-31H2. The monoisotopic (exact) mass is 695 g/mol. The maximum atomic E-state index is 6.38. The molecule has 2 nitrogen and oxygen atoms in total. The van der Waals surface area contributed by atoms with Gasteiger partial charge in [-0.15, -0.1) is 0 Å². The zero-order valence-electron chi connectivity index (χ0n) is 30.3. The third kappa shape index (κ3) is 4.34. The molecule has 1 spiro atoms. The number of benzene rings is 7. The molecule has 0 amide bonds. The first kappa shape index (κ1) is 30.6. The molecule has 5 aliphatic carbocycles. The van der Waals surface area contributed by atoms with Gasteiger partial charge in [-0.05, 0) is 149 Å². The van der Waals surface area contributed by atoms with E-state index in [9.17, 15) is 0 Å². The minimum absolute atomic E-state index is 0.205. The van der Waals surface area contributed by atoms with E-state index < -0.39 is 0 Å². The maximum absolute atomic E-state index is 6.38. The van der Waals surface area contributed by atoms with Crippen molar-refractivity contribution in [1.29, 1.82) is 0 Å². The molecular formula is C52H41NO. The summed E-state index contributed by atoms with van der Waals surface area (Å²) in [5.74, 6) is 3.47. The van der Waals surface area contributed by atoms with E-state index in [1.807, 2.05) is 6.07 Å². The Bertz CT molecular complexity index is 2690. The fourth-order valence-electron chi connectivity index (χ4n) is 11.9. The molecule has 4 saturated carbocycles. The van der Waals surface area contributed by atoms with Crippen LogP contribution in [-0.2, 0) is 5.41 Å². The number of nitrogens with zero attached hydrogens (tertiary/aromatic N) is 1. The summed E-state index contributed by atoms with van der Waals surface area (Å²) in [6.07, 6.45) is 7.14. The van der Waals surface area contributed by atoms with Crippen molar-refractivity contribution in [3.63, 3.8) is 0 Å². The minimum atomic E-state index is 0.205. The van der Waals surface area contributed by atoms with Gasteiger partial charge in [0.1, 0.15) is 11.2 Å². The van der Waals surface area contributed by atoms with E-state index in [4.69, 9.17) is 4.42 Å². The summed E-state index contributed by atoms with van der Waals surface area (Å²) in [5, 5.41) is 2.25. The summed E-state index contributed by atoms with van der Waals surface area (Å²) in [6, 6.07) is 60.5. The fraction of sp³-hybridized carbons (Fsp3) is 0.192. The van der Waals surface area contributed by atoms with Crippen LogP contribution in [0.1, 0.15) is 43.2 Å². The maximum Gasteiger partial charge on any atom is 0.137 e. The van der Waals surface area contributed by atoms with Gasteiger partial charge in [0.2, 0.25) is 0 Å². The van der Waals surface area contributed by atoms with Crippen molar-refractivity contribution in [1.82, 2.24) is 0 Å². The first-order valence-corrected chi connectivity index (χ1v) is 19.9. The molecule has 8 aromatic rings. The Labute approximate surface area is 316 Å². The van der Waals surface area contributed by atoms with E-state index in [0.717, 1.165) is 62.7 Å². The molecule has 0 N–H and O–H groups in total. The summed E-state index contributed by atoms with van der Waals surface area (Å²) in [6.45, 7) is 0. The number of furan rings is 1. The third-order valence-electron chi connectivity index (χ3n) is 13.9. The van der Waals surface area contributed by atoms with Crippen molar-refractivity contribution < 1.29 is 4.42 Å². The number of hydrogen-bond acceptors (Lipinski definition) is 2. The molecule has 0 unspecified atom stereocenters. The lowest BCUT2D eigenvalue weighted by atomic mass is 9.43. The van der Waals surface area contributed by atoms with Crippen molar-refractivity contribution in [2.75, 3.05) is 4.90 Å². The lowest BCUT2D eigenvalue weighted by Crippen LogP contribution is -2.55. The number of para-hydroxylation sites is 1. The molecule has 4 fully saturated rings. The molecule has 1 heterocycles. The summed E-state index contributed by atoms with van der Waals surface area (Å²) < 4.78 is 6.38. The minimum Gasteiger partial charge on any atom is -0.456 e. The van der Waals surface area contributed by atoms with E-state index in [1.54, 1.807) is 11.1 Å². The van der Waals surface area contributed by atoms with E-state index >= 15 is 0 Å². The van der Waals surface area contributed by atoms with Gasteiger partial charge in [0.15, 0.2) is 0 Å². The first-order valence-electron chi connectivity index (χ1n) is 19.9. The van der Waals surface area contributed by atoms with Crippen molar-refractivity contribution in [3.8, 4) is 33.4 Å². The average molecular weight is 696 g/mol. The Hall–Kier alpha value is -5.86. The van der Waals surface area contributed by atoms with Crippen LogP contribution in [0.15, 0.2) is 168 Å². The van der Waals surface area contributed by atoms with Gasteiger partial charge in [-0.3, -0.25) is 0 Å². The number of hydrogen-bond donors (Lipinski definition) is 0. The van der Waals surface area contributed by atoms with Crippen LogP contribution in [0.4, 0.5) is 17.1 Å². The summed E-state index contributed by atoms with van der Waals surface area (Å²) >= 11 is 0. The highest BCUT2D eigenvalue weighted by atomic mass is 16.3. The van der Waals surface area contributed by atoms with Crippen LogP contribution in [0.2, 0.25) is 0 Å². The average Bonchev–Trinajstić information content (AvgIpc) is 3.75. The second-order valence-electron chi connectivity index (χ2n) is 16.5.